The molecular weight excluding hydrogens is 426 g/mol. The Morgan fingerprint density at radius 1 is 1.19 bits per heavy atom. The van der Waals surface area contributed by atoms with E-state index in [9.17, 15) is 14.7 Å². The number of imidazole rings is 1. The van der Waals surface area contributed by atoms with Crippen molar-refractivity contribution in [1.29, 1.82) is 0 Å². The van der Waals surface area contributed by atoms with Crippen molar-refractivity contribution in [3.05, 3.63) is 76.5 Å². The summed E-state index contributed by atoms with van der Waals surface area (Å²) in [5, 5.41) is 13.0. The fourth-order valence-electron chi connectivity index (χ4n) is 3.78. The summed E-state index contributed by atoms with van der Waals surface area (Å²) in [5.41, 5.74) is 0.606. The van der Waals surface area contributed by atoms with Gasteiger partial charge in [0.1, 0.15) is 11.5 Å². The Kier molecular flexibility index (Phi) is 6.70. The van der Waals surface area contributed by atoms with Gasteiger partial charge in [-0.1, -0.05) is 13.0 Å². The number of carbonyl (C=O) groups excluding carboxylic acids is 2. The second kappa shape index (κ2) is 9.82. The standard InChI is InChI=1S/C24H25N3O4S/c1-2-14-31-18-8-6-17(7-9-18)22(28)20-21(19-5-3-15-32-19)27(24(30)23(20)29)12-4-11-26-13-10-25-16-26/h3,5-10,13,15-16,21,28H,2,4,11-12,14H2,1H3/t21-/m1/s1. The van der Waals surface area contributed by atoms with Crippen LogP contribution in [-0.2, 0) is 16.1 Å². The second-order valence-electron chi connectivity index (χ2n) is 7.53. The number of hydrogen-bond donors (Lipinski definition) is 1. The van der Waals surface area contributed by atoms with Crippen LogP contribution in [0.25, 0.3) is 5.76 Å². The number of amides is 1. The van der Waals surface area contributed by atoms with Gasteiger partial charge < -0.3 is 19.3 Å². The maximum absolute atomic E-state index is 13.0. The van der Waals surface area contributed by atoms with E-state index in [0.29, 0.717) is 37.4 Å². The molecular formula is C24H25N3O4S. The highest BCUT2D eigenvalue weighted by Crippen LogP contribution is 2.41. The van der Waals surface area contributed by atoms with Crippen LogP contribution in [0, 0.1) is 0 Å². The molecule has 0 radical (unpaired) electrons. The van der Waals surface area contributed by atoms with Gasteiger partial charge in [-0.15, -0.1) is 11.3 Å². The quantitative estimate of drug-likeness (QED) is 0.299. The number of benzene rings is 1. The summed E-state index contributed by atoms with van der Waals surface area (Å²) in [5.74, 6) is -0.715. The topological polar surface area (TPSA) is 84.7 Å². The van der Waals surface area contributed by atoms with Crippen molar-refractivity contribution in [2.24, 2.45) is 0 Å². The minimum atomic E-state index is -0.658. The maximum atomic E-state index is 13.0. The highest BCUT2D eigenvalue weighted by Gasteiger charge is 2.46. The lowest BCUT2D eigenvalue weighted by Gasteiger charge is -2.24. The van der Waals surface area contributed by atoms with Crippen LogP contribution in [-0.4, -0.2) is 44.4 Å². The normalized spacial score (nSPS) is 17.8. The molecule has 2 aromatic heterocycles. The first kappa shape index (κ1) is 21.8. The van der Waals surface area contributed by atoms with Crippen molar-refractivity contribution in [1.82, 2.24) is 14.5 Å². The molecule has 4 rings (SSSR count). The molecule has 1 N–H and O–H groups in total. The Hall–Kier alpha value is -3.39. The van der Waals surface area contributed by atoms with Gasteiger partial charge in [0.2, 0.25) is 0 Å². The molecule has 0 aliphatic carbocycles. The fraction of sp³-hybridized carbons (Fsp3) is 0.292. The summed E-state index contributed by atoms with van der Waals surface area (Å²) in [6.07, 6.45) is 6.84. The lowest BCUT2D eigenvalue weighted by Crippen LogP contribution is -2.31. The second-order valence-corrected chi connectivity index (χ2v) is 8.51. The average molecular weight is 452 g/mol. The Balaban J connectivity index is 1.63. The van der Waals surface area contributed by atoms with Gasteiger partial charge in [0.05, 0.1) is 24.5 Å². The van der Waals surface area contributed by atoms with Gasteiger partial charge in [0.25, 0.3) is 11.7 Å². The predicted octanol–water partition coefficient (Wildman–Crippen LogP) is 4.25. The van der Waals surface area contributed by atoms with E-state index in [1.165, 1.54) is 11.3 Å². The lowest BCUT2D eigenvalue weighted by atomic mass is 10.00. The number of nitrogens with zero attached hydrogens (tertiary/aromatic N) is 3. The SMILES string of the molecule is CCCOc1ccc(C(O)=C2C(=O)C(=O)N(CCCn3ccnc3)[C@@H]2c2cccs2)cc1. The number of ketones is 1. The van der Waals surface area contributed by atoms with E-state index in [0.717, 1.165) is 11.3 Å². The molecule has 166 valence electrons. The molecule has 3 aromatic rings. The molecule has 0 spiro atoms. The summed E-state index contributed by atoms with van der Waals surface area (Å²) >= 11 is 1.46. The van der Waals surface area contributed by atoms with Gasteiger partial charge in [-0.25, -0.2) is 4.98 Å². The number of ether oxygens (including phenoxy) is 1. The first-order valence-electron chi connectivity index (χ1n) is 10.6. The summed E-state index contributed by atoms with van der Waals surface area (Å²) in [7, 11) is 0. The van der Waals surface area contributed by atoms with Crippen molar-refractivity contribution in [2.75, 3.05) is 13.2 Å². The predicted molar refractivity (Wildman–Crippen MR) is 122 cm³/mol. The molecule has 8 heteroatoms. The highest BCUT2D eigenvalue weighted by molar-refractivity contribution is 7.10. The van der Waals surface area contributed by atoms with Crippen LogP contribution >= 0.6 is 11.3 Å². The molecule has 1 saturated heterocycles. The number of aryl methyl sites for hydroxylation is 1. The summed E-state index contributed by atoms with van der Waals surface area (Å²) in [6, 6.07) is 10.1. The maximum Gasteiger partial charge on any atom is 0.295 e. The smallest absolute Gasteiger partial charge is 0.295 e. The van der Waals surface area contributed by atoms with Crippen molar-refractivity contribution < 1.29 is 19.4 Å². The molecule has 0 bridgehead atoms. The zero-order valence-electron chi connectivity index (χ0n) is 17.8. The van der Waals surface area contributed by atoms with Crippen LogP contribution in [0.4, 0.5) is 0 Å². The first-order chi connectivity index (χ1) is 15.6. The van der Waals surface area contributed by atoms with Gasteiger partial charge in [0, 0.05) is 35.9 Å². The van der Waals surface area contributed by atoms with E-state index in [4.69, 9.17) is 4.74 Å². The van der Waals surface area contributed by atoms with Crippen molar-refractivity contribution >= 4 is 28.8 Å². The van der Waals surface area contributed by atoms with Crippen LogP contribution < -0.4 is 4.74 Å². The minimum absolute atomic E-state index is 0.127. The first-order valence-corrected chi connectivity index (χ1v) is 11.5. The number of aliphatic hydroxyl groups excluding tert-OH is 1. The van der Waals surface area contributed by atoms with Crippen molar-refractivity contribution in [3.8, 4) is 5.75 Å². The zero-order valence-corrected chi connectivity index (χ0v) is 18.6. The Morgan fingerprint density at radius 2 is 2.00 bits per heavy atom. The molecule has 7 nitrogen and oxygen atoms in total. The third-order valence-corrected chi connectivity index (χ3v) is 6.25. The van der Waals surface area contributed by atoms with Gasteiger partial charge in [-0.05, 0) is 48.6 Å². The van der Waals surface area contributed by atoms with Crippen LogP contribution in [0.1, 0.15) is 36.2 Å². The molecule has 0 saturated carbocycles. The van der Waals surface area contributed by atoms with E-state index >= 15 is 0 Å². The number of rotatable bonds is 9. The van der Waals surface area contributed by atoms with Gasteiger partial charge in [0.15, 0.2) is 0 Å². The Labute approximate surface area is 190 Å². The van der Waals surface area contributed by atoms with Gasteiger partial charge in [-0.2, -0.15) is 0 Å². The third-order valence-electron chi connectivity index (χ3n) is 5.33. The van der Waals surface area contributed by atoms with E-state index in [-0.39, 0.29) is 11.3 Å². The summed E-state index contributed by atoms with van der Waals surface area (Å²) in [4.78, 5) is 32.3. The van der Waals surface area contributed by atoms with Gasteiger partial charge >= 0.3 is 0 Å². The molecule has 3 heterocycles. The Morgan fingerprint density at radius 3 is 2.66 bits per heavy atom. The van der Waals surface area contributed by atoms with Crippen LogP contribution in [0.5, 0.6) is 5.75 Å². The molecule has 1 aliphatic rings. The number of aromatic nitrogens is 2. The van der Waals surface area contributed by atoms with E-state index in [1.807, 2.05) is 35.2 Å². The molecule has 1 aliphatic heterocycles. The number of aliphatic hydroxyl groups is 1. The van der Waals surface area contributed by atoms with Crippen LogP contribution in [0.3, 0.4) is 0 Å². The molecule has 32 heavy (non-hydrogen) atoms. The number of thiophene rings is 1. The van der Waals surface area contributed by atoms with Crippen LogP contribution in [0.15, 0.2) is 66.1 Å². The summed E-state index contributed by atoms with van der Waals surface area (Å²) < 4.78 is 7.52. The molecule has 1 aromatic carbocycles. The van der Waals surface area contributed by atoms with Gasteiger partial charge in [-0.3, -0.25) is 9.59 Å². The van der Waals surface area contributed by atoms with E-state index in [2.05, 4.69) is 4.98 Å². The van der Waals surface area contributed by atoms with Crippen LogP contribution in [0.2, 0.25) is 0 Å². The monoisotopic (exact) mass is 451 g/mol. The number of carbonyl (C=O) groups is 2. The lowest BCUT2D eigenvalue weighted by molar-refractivity contribution is -0.139. The zero-order chi connectivity index (χ0) is 22.5. The Bertz CT molecular complexity index is 1090. The van der Waals surface area contributed by atoms with E-state index in [1.54, 1.807) is 41.7 Å². The molecule has 0 unspecified atom stereocenters. The highest BCUT2D eigenvalue weighted by atomic mass is 32.1. The number of hydrogen-bond acceptors (Lipinski definition) is 6. The average Bonchev–Trinajstić information content (AvgIpc) is 3.56. The number of Topliss-reactive ketones (excluding diaryl/α,β-unsaturated/α-hetero) is 1. The minimum Gasteiger partial charge on any atom is -0.507 e. The molecule has 1 fully saturated rings. The summed E-state index contributed by atoms with van der Waals surface area (Å²) in [6.45, 7) is 3.71. The van der Waals surface area contributed by atoms with Crippen molar-refractivity contribution in [2.45, 2.75) is 32.4 Å². The fourth-order valence-corrected chi connectivity index (χ4v) is 4.63. The third kappa shape index (κ3) is 4.45. The molecule has 1 amide bonds. The van der Waals surface area contributed by atoms with E-state index < -0.39 is 17.7 Å². The number of likely N-dealkylation sites (tertiary alicyclic amines) is 1. The molecule has 1 atom stereocenters. The largest absolute Gasteiger partial charge is 0.507 e. The van der Waals surface area contributed by atoms with Crippen molar-refractivity contribution in [3.63, 3.8) is 0 Å².